The second-order valence-electron chi connectivity index (χ2n) is 9.90. The summed E-state index contributed by atoms with van der Waals surface area (Å²) in [6, 6.07) is 7.13. The molecule has 0 saturated heterocycles. The van der Waals surface area contributed by atoms with E-state index in [-0.39, 0.29) is 43.7 Å². The van der Waals surface area contributed by atoms with Crippen LogP contribution in [0.2, 0.25) is 5.02 Å². The molecular formula is C27H32ClFN4O5. The Morgan fingerprint density at radius 1 is 1.21 bits per heavy atom. The summed E-state index contributed by atoms with van der Waals surface area (Å²) in [5, 5.41) is 12.9. The van der Waals surface area contributed by atoms with Gasteiger partial charge in [-0.2, -0.15) is 4.98 Å². The summed E-state index contributed by atoms with van der Waals surface area (Å²) in [5.41, 5.74) is -1.34. The zero-order chi connectivity index (χ0) is 28.0. The van der Waals surface area contributed by atoms with E-state index in [1.165, 1.54) is 30.6 Å². The molecule has 1 aromatic carbocycles. The minimum atomic E-state index is -1.14. The molecule has 2 N–H and O–H groups in total. The molecule has 0 amide bonds. The number of benzene rings is 1. The van der Waals surface area contributed by atoms with Crippen LogP contribution < -0.4 is 16.7 Å². The van der Waals surface area contributed by atoms with Crippen molar-refractivity contribution >= 4 is 23.5 Å². The van der Waals surface area contributed by atoms with Crippen molar-refractivity contribution in [2.75, 3.05) is 5.32 Å². The number of carbonyl (C=O) groups is 1. The van der Waals surface area contributed by atoms with E-state index in [0.717, 1.165) is 10.1 Å². The van der Waals surface area contributed by atoms with Gasteiger partial charge in [0.25, 0.3) is 0 Å². The van der Waals surface area contributed by atoms with Crippen LogP contribution in [0, 0.1) is 5.41 Å². The monoisotopic (exact) mass is 546 g/mol. The van der Waals surface area contributed by atoms with Gasteiger partial charge in [-0.05, 0) is 70.4 Å². The van der Waals surface area contributed by atoms with Crippen LogP contribution in [0.15, 0.2) is 69.4 Å². The lowest BCUT2D eigenvalue weighted by Crippen LogP contribution is -2.44. The number of nitrogens with zero attached hydrogens (tertiary/aromatic N) is 3. The molecule has 0 unspecified atom stereocenters. The Balaban J connectivity index is 1.99. The van der Waals surface area contributed by atoms with Crippen molar-refractivity contribution < 1.29 is 19.0 Å². The highest BCUT2D eigenvalue weighted by atomic mass is 35.5. The number of carboxylic acids is 1. The number of halogens is 2. The van der Waals surface area contributed by atoms with E-state index < -0.39 is 28.6 Å². The topological polar surface area (TPSA) is 115 Å². The van der Waals surface area contributed by atoms with Crippen LogP contribution in [-0.4, -0.2) is 31.3 Å². The van der Waals surface area contributed by atoms with Gasteiger partial charge < -0.3 is 15.2 Å². The van der Waals surface area contributed by atoms with Crippen molar-refractivity contribution in [2.24, 2.45) is 5.41 Å². The maximum atomic E-state index is 14.8. The number of hydrogen-bond donors (Lipinski definition) is 2. The zero-order valence-electron chi connectivity index (χ0n) is 21.8. The van der Waals surface area contributed by atoms with Crippen molar-refractivity contribution in [1.29, 1.82) is 0 Å². The summed E-state index contributed by atoms with van der Waals surface area (Å²) in [6.07, 6.45) is 5.01. The van der Waals surface area contributed by atoms with Crippen LogP contribution in [0.1, 0.15) is 46.1 Å². The number of ether oxygens (including phenoxy) is 1. The summed E-state index contributed by atoms with van der Waals surface area (Å²) in [5.74, 6) is -1.59. The Labute approximate surface area is 224 Å². The van der Waals surface area contributed by atoms with E-state index in [0.29, 0.717) is 17.1 Å². The van der Waals surface area contributed by atoms with Crippen LogP contribution in [0.5, 0.6) is 0 Å². The summed E-state index contributed by atoms with van der Waals surface area (Å²) < 4.78 is 22.5. The maximum Gasteiger partial charge on any atom is 0.354 e. The number of hydrogen-bond acceptors (Lipinski definition) is 6. The Hall–Kier alpha value is -3.66. The van der Waals surface area contributed by atoms with Gasteiger partial charge in [0.1, 0.15) is 0 Å². The lowest BCUT2D eigenvalue weighted by molar-refractivity contribution is -0.147. The van der Waals surface area contributed by atoms with Crippen molar-refractivity contribution in [2.45, 2.75) is 66.2 Å². The molecule has 0 spiro atoms. The van der Waals surface area contributed by atoms with Crippen molar-refractivity contribution in [3.05, 3.63) is 91.3 Å². The number of anilines is 1. The molecule has 1 heterocycles. The summed E-state index contributed by atoms with van der Waals surface area (Å²) in [6.45, 7) is 6.66. The average Bonchev–Trinajstić information content (AvgIpc) is 2.99. The third-order valence-electron chi connectivity index (χ3n) is 6.00. The average molecular weight is 547 g/mol. The normalized spacial score (nSPS) is 13.9. The highest BCUT2D eigenvalue weighted by molar-refractivity contribution is 6.30. The quantitative estimate of drug-likeness (QED) is 0.421. The Bertz CT molecular complexity index is 1390. The van der Waals surface area contributed by atoms with Crippen LogP contribution in [0.3, 0.4) is 0 Å². The molecule has 0 fully saturated rings. The number of nitrogens with one attached hydrogen (secondary N) is 1. The van der Waals surface area contributed by atoms with Crippen LogP contribution >= 0.6 is 11.6 Å². The van der Waals surface area contributed by atoms with Gasteiger partial charge in [0.15, 0.2) is 11.6 Å². The van der Waals surface area contributed by atoms with Crippen LogP contribution in [0.25, 0.3) is 0 Å². The van der Waals surface area contributed by atoms with E-state index in [9.17, 15) is 23.9 Å². The number of rotatable bonds is 11. The Kier molecular flexibility index (Phi) is 9.32. The Morgan fingerprint density at radius 3 is 2.53 bits per heavy atom. The number of carboxylic acid groups (broad SMARTS) is 1. The highest BCUT2D eigenvalue weighted by Crippen LogP contribution is 2.23. The predicted octanol–water partition coefficient (Wildman–Crippen LogP) is 4.66. The molecule has 11 heteroatoms. The fourth-order valence-electron chi connectivity index (χ4n) is 3.64. The molecule has 0 saturated carbocycles. The third kappa shape index (κ3) is 7.44. The maximum absolute atomic E-state index is 14.8. The lowest BCUT2D eigenvalue weighted by atomic mass is 9.90. The second kappa shape index (κ2) is 12.3. The third-order valence-corrected chi connectivity index (χ3v) is 6.26. The number of allylic oxidation sites excluding steroid dienone is 4. The molecule has 2 aromatic rings. The smallest absolute Gasteiger partial charge is 0.354 e. The van der Waals surface area contributed by atoms with Crippen molar-refractivity contribution in [1.82, 2.24) is 14.1 Å². The first-order chi connectivity index (χ1) is 17.9. The summed E-state index contributed by atoms with van der Waals surface area (Å²) in [7, 11) is 0. The van der Waals surface area contributed by atoms with E-state index in [2.05, 4.69) is 10.3 Å². The molecule has 9 nitrogen and oxygen atoms in total. The van der Waals surface area contributed by atoms with Gasteiger partial charge in [-0.25, -0.2) is 18.5 Å². The molecule has 38 heavy (non-hydrogen) atoms. The fraction of sp³-hybridized carbons (Fsp3) is 0.407. The van der Waals surface area contributed by atoms with Crippen LogP contribution in [0.4, 0.5) is 10.3 Å². The van der Waals surface area contributed by atoms with Gasteiger partial charge >= 0.3 is 17.3 Å². The molecule has 1 aliphatic rings. The first kappa shape index (κ1) is 28.9. The molecule has 0 radical (unpaired) electrons. The van der Waals surface area contributed by atoms with Gasteiger partial charge in [0.2, 0.25) is 5.95 Å². The van der Waals surface area contributed by atoms with E-state index >= 15 is 0 Å². The van der Waals surface area contributed by atoms with E-state index in [1.807, 2.05) is 12.1 Å². The van der Waals surface area contributed by atoms with Gasteiger partial charge in [-0.3, -0.25) is 9.36 Å². The van der Waals surface area contributed by atoms with E-state index in [4.69, 9.17) is 16.3 Å². The van der Waals surface area contributed by atoms with Gasteiger partial charge in [0.05, 0.1) is 11.5 Å². The molecule has 204 valence electrons. The number of aromatic nitrogens is 3. The predicted molar refractivity (Wildman–Crippen MR) is 144 cm³/mol. The van der Waals surface area contributed by atoms with Crippen molar-refractivity contribution in [3.8, 4) is 0 Å². The summed E-state index contributed by atoms with van der Waals surface area (Å²) in [4.78, 5) is 41.9. The standard InChI is InChI=1S/C27H32ClFN4O5/c1-17(2)38-22-7-5-6-20(16-21(22)29)30-24-31-25(36)33(15-13-27(3,4)23(34)35)26(37)32(24)14-12-18-8-10-19(28)11-9-18/h5,7-11,16-17H,6,12-15H2,1-4H3,(H,34,35)(H,30,31,36). The molecular weight excluding hydrogens is 515 g/mol. The zero-order valence-corrected chi connectivity index (χ0v) is 22.6. The highest BCUT2D eigenvalue weighted by Gasteiger charge is 2.27. The van der Waals surface area contributed by atoms with Gasteiger partial charge in [0, 0.05) is 30.2 Å². The first-order valence-electron chi connectivity index (χ1n) is 12.3. The molecule has 1 aliphatic carbocycles. The van der Waals surface area contributed by atoms with Crippen molar-refractivity contribution in [3.63, 3.8) is 0 Å². The number of aliphatic carboxylic acids is 1. The minimum absolute atomic E-state index is 0.0385. The first-order valence-corrected chi connectivity index (χ1v) is 12.7. The molecule has 3 rings (SSSR count). The second-order valence-corrected chi connectivity index (χ2v) is 10.3. The SMILES string of the molecule is CC(C)OC1=C(F)C=C(Nc2nc(=O)n(CCC(C)(C)C(=O)O)c(=O)n2CCc2ccc(Cl)cc2)CC=C1. The lowest BCUT2D eigenvalue weighted by Gasteiger charge is -2.20. The molecule has 1 aromatic heterocycles. The largest absolute Gasteiger partial charge is 0.488 e. The van der Waals surface area contributed by atoms with Crippen LogP contribution in [-0.2, 0) is 29.0 Å². The molecule has 0 atom stereocenters. The molecule has 0 bridgehead atoms. The molecule has 0 aliphatic heterocycles. The summed E-state index contributed by atoms with van der Waals surface area (Å²) >= 11 is 5.97. The van der Waals surface area contributed by atoms with Gasteiger partial charge in [-0.15, -0.1) is 0 Å². The van der Waals surface area contributed by atoms with Gasteiger partial charge in [-0.1, -0.05) is 29.8 Å². The van der Waals surface area contributed by atoms with E-state index in [1.54, 1.807) is 32.1 Å². The number of aryl methyl sites for hydroxylation is 1. The Morgan fingerprint density at radius 2 is 1.89 bits per heavy atom. The minimum Gasteiger partial charge on any atom is -0.488 e. The fourth-order valence-corrected chi connectivity index (χ4v) is 3.77.